The summed E-state index contributed by atoms with van der Waals surface area (Å²) in [7, 11) is 0. The van der Waals surface area contributed by atoms with Gasteiger partial charge in [-0.25, -0.2) is 0 Å². The van der Waals surface area contributed by atoms with Crippen LogP contribution in [0.4, 0.5) is 0 Å². The third kappa shape index (κ3) is 3.57. The Hall–Kier alpha value is -2.36. The standard InChI is InChI=1S/C16H19N3O/c1-3-4-5-10-17-16(20)15-11-14(18-19-15)13-8-6-12(2)7-9-13/h3-4,6-9,11H,5,10H2,1-2H3,(H,17,20)(H,18,19)/b4-3+. The van der Waals surface area contributed by atoms with E-state index in [1.807, 2.05) is 50.3 Å². The van der Waals surface area contributed by atoms with E-state index in [-0.39, 0.29) is 5.91 Å². The highest BCUT2D eigenvalue weighted by atomic mass is 16.1. The Morgan fingerprint density at radius 2 is 2.10 bits per heavy atom. The van der Waals surface area contributed by atoms with E-state index in [2.05, 4.69) is 15.5 Å². The number of aromatic amines is 1. The van der Waals surface area contributed by atoms with Gasteiger partial charge < -0.3 is 5.32 Å². The van der Waals surface area contributed by atoms with Crippen molar-refractivity contribution >= 4 is 5.91 Å². The van der Waals surface area contributed by atoms with Crippen molar-refractivity contribution in [2.45, 2.75) is 20.3 Å². The second-order valence-electron chi connectivity index (χ2n) is 4.65. The zero-order chi connectivity index (χ0) is 14.4. The molecule has 0 saturated heterocycles. The molecule has 1 amide bonds. The first-order valence-corrected chi connectivity index (χ1v) is 6.72. The highest BCUT2D eigenvalue weighted by molar-refractivity contribution is 5.93. The number of amides is 1. The average molecular weight is 269 g/mol. The van der Waals surface area contributed by atoms with Gasteiger partial charge in [0.05, 0.1) is 5.69 Å². The third-order valence-corrected chi connectivity index (χ3v) is 3.00. The van der Waals surface area contributed by atoms with Crippen molar-refractivity contribution in [3.8, 4) is 11.3 Å². The number of nitrogens with zero attached hydrogens (tertiary/aromatic N) is 1. The van der Waals surface area contributed by atoms with E-state index < -0.39 is 0 Å². The van der Waals surface area contributed by atoms with Crippen molar-refractivity contribution in [2.24, 2.45) is 0 Å². The summed E-state index contributed by atoms with van der Waals surface area (Å²) in [5.41, 5.74) is 3.47. The lowest BCUT2D eigenvalue weighted by Crippen LogP contribution is -2.24. The van der Waals surface area contributed by atoms with Gasteiger partial charge in [-0.3, -0.25) is 9.89 Å². The lowest BCUT2D eigenvalue weighted by molar-refractivity contribution is 0.0949. The molecule has 2 N–H and O–H groups in total. The van der Waals surface area contributed by atoms with Crippen LogP contribution in [0.5, 0.6) is 0 Å². The minimum absolute atomic E-state index is 0.125. The van der Waals surface area contributed by atoms with Crippen LogP contribution in [-0.4, -0.2) is 22.6 Å². The van der Waals surface area contributed by atoms with Crippen LogP contribution < -0.4 is 5.32 Å². The Morgan fingerprint density at radius 3 is 2.80 bits per heavy atom. The summed E-state index contributed by atoms with van der Waals surface area (Å²) in [5.74, 6) is -0.125. The number of benzene rings is 1. The van der Waals surface area contributed by atoms with Crippen molar-refractivity contribution in [3.05, 3.63) is 53.7 Å². The number of hydrogen-bond donors (Lipinski definition) is 2. The number of allylic oxidation sites excluding steroid dienone is 1. The molecule has 0 spiro atoms. The van der Waals surface area contributed by atoms with E-state index in [1.165, 1.54) is 5.56 Å². The van der Waals surface area contributed by atoms with Crippen LogP contribution in [0.25, 0.3) is 11.3 Å². The molecule has 0 fully saturated rings. The molecule has 0 radical (unpaired) electrons. The second kappa shape index (κ2) is 6.70. The fraction of sp³-hybridized carbons (Fsp3) is 0.250. The summed E-state index contributed by atoms with van der Waals surface area (Å²) in [6.45, 7) is 4.63. The molecule has 0 aliphatic heterocycles. The number of hydrogen-bond acceptors (Lipinski definition) is 2. The molecular weight excluding hydrogens is 250 g/mol. The Kier molecular flexibility index (Phi) is 4.71. The molecule has 0 aliphatic carbocycles. The zero-order valence-electron chi connectivity index (χ0n) is 11.8. The molecule has 0 unspecified atom stereocenters. The number of carbonyl (C=O) groups is 1. The first-order valence-electron chi connectivity index (χ1n) is 6.72. The number of rotatable bonds is 5. The molecule has 0 bridgehead atoms. The van der Waals surface area contributed by atoms with Crippen LogP contribution in [-0.2, 0) is 0 Å². The first-order chi connectivity index (χ1) is 9.70. The van der Waals surface area contributed by atoms with Crippen LogP contribution in [0.15, 0.2) is 42.5 Å². The third-order valence-electron chi connectivity index (χ3n) is 3.00. The van der Waals surface area contributed by atoms with Crippen LogP contribution in [0, 0.1) is 6.92 Å². The monoisotopic (exact) mass is 269 g/mol. The van der Waals surface area contributed by atoms with E-state index in [9.17, 15) is 4.79 Å². The SMILES string of the molecule is C/C=C/CCNC(=O)c1cc(-c2ccc(C)cc2)n[nH]1. The molecule has 4 nitrogen and oxygen atoms in total. The van der Waals surface area contributed by atoms with Gasteiger partial charge in [0.2, 0.25) is 0 Å². The highest BCUT2D eigenvalue weighted by Gasteiger charge is 2.10. The van der Waals surface area contributed by atoms with Crippen molar-refractivity contribution in [1.29, 1.82) is 0 Å². The van der Waals surface area contributed by atoms with Crippen molar-refractivity contribution in [3.63, 3.8) is 0 Å². The van der Waals surface area contributed by atoms with Gasteiger partial charge in [0.25, 0.3) is 5.91 Å². The summed E-state index contributed by atoms with van der Waals surface area (Å²) in [6, 6.07) is 9.83. The highest BCUT2D eigenvalue weighted by Crippen LogP contribution is 2.18. The van der Waals surface area contributed by atoms with Gasteiger partial charge in [-0.2, -0.15) is 5.10 Å². The maximum atomic E-state index is 11.9. The van der Waals surface area contributed by atoms with E-state index in [0.29, 0.717) is 12.2 Å². The summed E-state index contributed by atoms with van der Waals surface area (Å²) in [5, 5.41) is 9.81. The molecule has 1 heterocycles. The number of nitrogens with one attached hydrogen (secondary N) is 2. The van der Waals surface area contributed by atoms with Gasteiger partial charge >= 0.3 is 0 Å². The lowest BCUT2D eigenvalue weighted by atomic mass is 10.1. The van der Waals surface area contributed by atoms with Crippen molar-refractivity contribution in [1.82, 2.24) is 15.5 Å². The Morgan fingerprint density at radius 1 is 1.35 bits per heavy atom. The number of aryl methyl sites for hydroxylation is 1. The van der Waals surface area contributed by atoms with Crippen LogP contribution >= 0.6 is 0 Å². The second-order valence-corrected chi connectivity index (χ2v) is 4.65. The van der Waals surface area contributed by atoms with Gasteiger partial charge in [-0.05, 0) is 26.3 Å². The molecule has 0 saturated carbocycles. The summed E-state index contributed by atoms with van der Waals surface area (Å²) in [4.78, 5) is 11.9. The summed E-state index contributed by atoms with van der Waals surface area (Å²) in [6.07, 6.45) is 4.82. The van der Waals surface area contributed by atoms with E-state index in [4.69, 9.17) is 0 Å². The summed E-state index contributed by atoms with van der Waals surface area (Å²) >= 11 is 0. The van der Waals surface area contributed by atoms with Crippen LogP contribution in [0.3, 0.4) is 0 Å². The van der Waals surface area contributed by atoms with E-state index in [1.54, 1.807) is 6.07 Å². The van der Waals surface area contributed by atoms with Crippen molar-refractivity contribution in [2.75, 3.05) is 6.54 Å². The van der Waals surface area contributed by atoms with Gasteiger partial charge in [0.15, 0.2) is 0 Å². The minimum Gasteiger partial charge on any atom is -0.350 e. The Labute approximate surface area is 118 Å². The topological polar surface area (TPSA) is 57.8 Å². The number of H-pyrrole nitrogens is 1. The molecule has 2 aromatic rings. The molecule has 1 aromatic carbocycles. The lowest BCUT2D eigenvalue weighted by Gasteiger charge is -1.99. The molecule has 0 aliphatic rings. The van der Waals surface area contributed by atoms with Gasteiger partial charge in [0.1, 0.15) is 5.69 Å². The number of aromatic nitrogens is 2. The van der Waals surface area contributed by atoms with Crippen LogP contribution in [0.2, 0.25) is 0 Å². The smallest absolute Gasteiger partial charge is 0.269 e. The Bertz CT molecular complexity index is 596. The summed E-state index contributed by atoms with van der Waals surface area (Å²) < 4.78 is 0. The maximum absolute atomic E-state index is 11.9. The van der Waals surface area contributed by atoms with Crippen molar-refractivity contribution < 1.29 is 4.79 Å². The van der Waals surface area contributed by atoms with Gasteiger partial charge in [-0.1, -0.05) is 42.0 Å². The molecule has 104 valence electrons. The Balaban J connectivity index is 2.01. The van der Waals surface area contributed by atoms with Gasteiger partial charge in [-0.15, -0.1) is 0 Å². The molecule has 4 heteroatoms. The normalized spacial score (nSPS) is 10.9. The molecule has 20 heavy (non-hydrogen) atoms. The van der Waals surface area contributed by atoms with Crippen LogP contribution in [0.1, 0.15) is 29.4 Å². The molecule has 2 rings (SSSR count). The molecular formula is C16H19N3O. The maximum Gasteiger partial charge on any atom is 0.269 e. The van der Waals surface area contributed by atoms with E-state index >= 15 is 0 Å². The largest absolute Gasteiger partial charge is 0.350 e. The zero-order valence-corrected chi connectivity index (χ0v) is 11.8. The minimum atomic E-state index is -0.125. The molecule has 0 atom stereocenters. The van der Waals surface area contributed by atoms with E-state index in [0.717, 1.165) is 17.7 Å². The quantitative estimate of drug-likeness (QED) is 0.647. The number of carbonyl (C=O) groups excluding carboxylic acids is 1. The molecule has 1 aromatic heterocycles. The fourth-order valence-corrected chi connectivity index (χ4v) is 1.84. The predicted octanol–water partition coefficient (Wildman–Crippen LogP) is 3.08. The van der Waals surface area contributed by atoms with Gasteiger partial charge in [0, 0.05) is 12.1 Å². The first kappa shape index (κ1) is 14.1. The average Bonchev–Trinajstić information content (AvgIpc) is 2.94. The fourth-order valence-electron chi connectivity index (χ4n) is 1.84. The predicted molar refractivity (Wildman–Crippen MR) is 80.5 cm³/mol.